The molecule has 0 nitrogen and oxygen atoms in total. The molecule has 0 bridgehead atoms. The Morgan fingerprint density at radius 1 is 0.129 bits per heavy atom. The third kappa shape index (κ3) is 15.4. The lowest BCUT2D eigenvalue weighted by atomic mass is 9.78. The summed E-state index contributed by atoms with van der Waals surface area (Å²) in [5.74, 6) is 0. The Hall–Kier alpha value is -14.0. The lowest BCUT2D eigenvalue weighted by molar-refractivity contribution is 0.660. The fourth-order valence-electron chi connectivity index (χ4n) is 22.8. The summed E-state index contributed by atoms with van der Waals surface area (Å²) in [6.07, 6.45) is 0. The van der Waals surface area contributed by atoms with Crippen LogP contribution in [0.5, 0.6) is 0 Å². The van der Waals surface area contributed by atoms with Crippen molar-refractivity contribution < 1.29 is 0 Å². The molecule has 18 aromatic rings. The molecule has 0 heterocycles. The number of hydrogen-bond acceptors (Lipinski definition) is 0. The lowest BCUT2D eigenvalue weighted by Crippen LogP contribution is -2.16. The average molecular weight is 1710 g/mol. The van der Waals surface area contributed by atoms with Gasteiger partial charge < -0.3 is 0 Å². The van der Waals surface area contributed by atoms with Crippen LogP contribution in [-0.2, 0) is 32.5 Å². The molecular formula is C132H120. The molecule has 0 amide bonds. The van der Waals surface area contributed by atoms with Crippen LogP contribution in [0.1, 0.15) is 183 Å². The molecule has 24 rings (SSSR count). The van der Waals surface area contributed by atoms with E-state index in [4.69, 9.17) is 0 Å². The lowest BCUT2D eigenvalue weighted by Gasteiger charge is -2.25. The fraction of sp³-hybridized carbons (Fsp3) is 0.182. The molecule has 0 saturated heterocycles. The first-order chi connectivity index (χ1) is 63.5. The highest BCUT2D eigenvalue weighted by Crippen LogP contribution is 2.58. The van der Waals surface area contributed by atoms with Gasteiger partial charge in [0.2, 0.25) is 0 Å². The maximum absolute atomic E-state index is 2.37. The molecular weight excluding hydrogens is 1590 g/mol. The van der Waals surface area contributed by atoms with Crippen molar-refractivity contribution in [3.63, 3.8) is 0 Å². The minimum absolute atomic E-state index is 0.0464. The standard InChI is InChI=1S/6C22H20/c1-15-7-6-8-16(13-15)17-11-12-21-19(14-17)18-9-4-5-10-20(18)22(21,2)3;1-15-8-4-5-9-17(15)16-12-13-21-19(14-16)18-10-6-7-11-20(18)22(21,2)3;1-15-13-18(16-9-5-4-6-10-16)21-19(14-15)17-11-7-8-12-20(17)22(21,2)3;1-15-13-18(16-9-5-4-6-10-16)21-17-11-7-8-12-19(17)22(2,3)20(21)14-15;1-15-13-14-19-21(20(15)16-9-5-4-6-10-16)17-11-7-8-12-18(17)22(19,2)3;1-15-8-10-16(11-9-15)17-12-13-21-19(14-17)18-6-4-5-7-20(18)22(21,2)3/h6*4-14H,1-3H3. The molecule has 0 radical (unpaired) electrons. The van der Waals surface area contributed by atoms with Gasteiger partial charge in [0, 0.05) is 32.5 Å². The molecule has 0 heteroatoms. The molecule has 0 spiro atoms. The van der Waals surface area contributed by atoms with Gasteiger partial charge in [-0.1, -0.05) is 482 Å². The first-order valence-corrected chi connectivity index (χ1v) is 47.4. The summed E-state index contributed by atoms with van der Waals surface area (Å²) in [6, 6.07) is 146. The zero-order chi connectivity index (χ0) is 91.9. The van der Waals surface area contributed by atoms with Crippen LogP contribution in [-0.4, -0.2) is 0 Å². The van der Waals surface area contributed by atoms with E-state index in [9.17, 15) is 0 Å². The molecule has 132 heavy (non-hydrogen) atoms. The van der Waals surface area contributed by atoms with Gasteiger partial charge >= 0.3 is 0 Å². The zero-order valence-electron chi connectivity index (χ0n) is 80.1. The molecule has 0 N–H and O–H groups in total. The topological polar surface area (TPSA) is 0 Å². The van der Waals surface area contributed by atoms with Gasteiger partial charge in [-0.15, -0.1) is 0 Å². The summed E-state index contributed by atoms with van der Waals surface area (Å²) >= 11 is 0. The second-order valence-electron chi connectivity index (χ2n) is 40.6. The Kier molecular flexibility index (Phi) is 22.7. The highest BCUT2D eigenvalue weighted by molar-refractivity contribution is 5.97. The summed E-state index contributed by atoms with van der Waals surface area (Å²) in [7, 11) is 0. The van der Waals surface area contributed by atoms with E-state index in [-0.39, 0.29) is 32.5 Å². The number of hydrogen-bond donors (Lipinski definition) is 0. The highest BCUT2D eigenvalue weighted by Gasteiger charge is 2.43. The zero-order valence-corrected chi connectivity index (χ0v) is 80.1. The van der Waals surface area contributed by atoms with Crippen molar-refractivity contribution in [3.05, 3.63) is 501 Å². The van der Waals surface area contributed by atoms with Crippen molar-refractivity contribution in [2.45, 2.75) is 157 Å². The van der Waals surface area contributed by atoms with Crippen molar-refractivity contribution in [2.75, 3.05) is 0 Å². The minimum atomic E-state index is 0.0464. The third-order valence-corrected chi connectivity index (χ3v) is 29.8. The van der Waals surface area contributed by atoms with Gasteiger partial charge in [-0.05, 0) is 277 Å². The quantitative estimate of drug-likeness (QED) is 0.156. The summed E-state index contributed by atoms with van der Waals surface area (Å²) in [5.41, 5.74) is 58.3. The maximum atomic E-state index is 2.37. The van der Waals surface area contributed by atoms with Crippen LogP contribution < -0.4 is 0 Å². The van der Waals surface area contributed by atoms with E-state index in [0.29, 0.717) is 0 Å². The van der Waals surface area contributed by atoms with Gasteiger partial charge in [0.1, 0.15) is 0 Å². The van der Waals surface area contributed by atoms with Crippen molar-refractivity contribution in [1.29, 1.82) is 0 Å². The predicted octanol–water partition coefficient (Wildman–Crippen LogP) is 35.8. The normalized spacial score (nSPS) is 14.5. The molecule has 0 saturated carbocycles. The van der Waals surface area contributed by atoms with E-state index >= 15 is 0 Å². The van der Waals surface area contributed by atoms with E-state index in [1.54, 1.807) is 0 Å². The van der Waals surface area contributed by atoms with Crippen LogP contribution in [0.25, 0.3) is 134 Å². The summed E-state index contributed by atoms with van der Waals surface area (Å²) in [6.45, 7) is 41.1. The molecule has 0 aromatic heterocycles. The first-order valence-electron chi connectivity index (χ1n) is 47.4. The van der Waals surface area contributed by atoms with Crippen molar-refractivity contribution in [3.8, 4) is 134 Å². The predicted molar refractivity (Wildman–Crippen MR) is 565 cm³/mol. The summed E-state index contributed by atoms with van der Waals surface area (Å²) < 4.78 is 0. The molecule has 648 valence electrons. The van der Waals surface area contributed by atoms with Crippen molar-refractivity contribution in [2.24, 2.45) is 0 Å². The Morgan fingerprint density at radius 2 is 0.447 bits per heavy atom. The second-order valence-corrected chi connectivity index (χ2v) is 40.6. The van der Waals surface area contributed by atoms with Gasteiger partial charge in [0.15, 0.2) is 0 Å². The van der Waals surface area contributed by atoms with Gasteiger partial charge in [-0.2, -0.15) is 0 Å². The molecule has 18 aromatic carbocycles. The van der Waals surface area contributed by atoms with E-state index in [2.05, 4.69) is 525 Å². The molecule has 0 fully saturated rings. The summed E-state index contributed by atoms with van der Waals surface area (Å²) in [5, 5.41) is 0. The molecule has 0 atom stereocenters. The van der Waals surface area contributed by atoms with E-state index in [1.165, 1.54) is 234 Å². The second kappa shape index (κ2) is 34.4. The van der Waals surface area contributed by atoms with Gasteiger partial charge in [-0.25, -0.2) is 0 Å². The SMILES string of the molecule is Cc1cc(-c2ccccc2)c2c(c1)-c1ccccc1C2(C)C.Cc1cc(-c2ccccc2)c2c(c1)C(C)(C)c1ccccc1-2.Cc1ccc(-c2ccc3c(c2)-c2ccccc2C3(C)C)cc1.Cc1ccc2c(c1-c1ccccc1)-c1ccccc1C2(C)C.Cc1cccc(-c2ccc3c(c2)-c2ccccc2C3(C)C)c1.Cc1ccccc1-c1ccc2c(c1)-c1ccccc1C2(C)C. The first kappa shape index (κ1) is 87.3. The van der Waals surface area contributed by atoms with Gasteiger partial charge in [0.25, 0.3) is 0 Å². The van der Waals surface area contributed by atoms with Gasteiger partial charge in [0.05, 0.1) is 0 Å². The Bertz CT molecular complexity index is 7460. The number of aryl methyl sites for hydroxylation is 6. The number of rotatable bonds is 6. The van der Waals surface area contributed by atoms with Crippen LogP contribution in [0.2, 0.25) is 0 Å². The fourth-order valence-corrected chi connectivity index (χ4v) is 22.8. The smallest absolute Gasteiger partial charge is 0.0165 e. The van der Waals surface area contributed by atoms with Gasteiger partial charge in [-0.3, -0.25) is 0 Å². The van der Waals surface area contributed by atoms with E-state index in [1.807, 2.05) is 0 Å². The molecule has 0 aliphatic heterocycles. The minimum Gasteiger partial charge on any atom is -0.0622 e. The number of benzene rings is 18. The van der Waals surface area contributed by atoms with Crippen molar-refractivity contribution >= 4 is 0 Å². The molecule has 6 aliphatic carbocycles. The largest absolute Gasteiger partial charge is 0.0622 e. The highest BCUT2D eigenvalue weighted by atomic mass is 14.5. The summed E-state index contributed by atoms with van der Waals surface area (Å²) in [4.78, 5) is 0. The van der Waals surface area contributed by atoms with Crippen LogP contribution in [0.4, 0.5) is 0 Å². The average Bonchev–Trinajstić information content (AvgIpc) is 1.58. The molecule has 6 aliphatic rings. The van der Waals surface area contributed by atoms with Crippen LogP contribution in [0.3, 0.4) is 0 Å². The molecule has 0 unspecified atom stereocenters. The van der Waals surface area contributed by atoms with Crippen LogP contribution >= 0.6 is 0 Å². The Balaban J connectivity index is 0.000000102. The maximum Gasteiger partial charge on any atom is 0.0165 e. The Labute approximate surface area is 785 Å². The van der Waals surface area contributed by atoms with Crippen LogP contribution in [0.15, 0.2) is 400 Å². The van der Waals surface area contributed by atoms with E-state index in [0.717, 1.165) is 0 Å². The van der Waals surface area contributed by atoms with Crippen molar-refractivity contribution in [1.82, 2.24) is 0 Å². The van der Waals surface area contributed by atoms with E-state index < -0.39 is 0 Å². The monoisotopic (exact) mass is 1700 g/mol. The third-order valence-electron chi connectivity index (χ3n) is 29.8. The Morgan fingerprint density at radius 3 is 0.932 bits per heavy atom. The van der Waals surface area contributed by atoms with Crippen LogP contribution in [0, 0.1) is 41.5 Å². The number of fused-ring (bicyclic) bond motifs is 18.